The number of carbonyl (C=O) groups is 2. The summed E-state index contributed by atoms with van der Waals surface area (Å²) in [6.45, 7) is 4.19. The molecule has 9 nitrogen and oxygen atoms in total. The van der Waals surface area contributed by atoms with Crippen LogP contribution in [0.3, 0.4) is 0 Å². The standard InChI is InChI=1S/C24H28N6O3S/c1-4-30-14-19(33-21-8-6-5-7-20(21)30)13-28(2)23(32)17-9-11-18(12-10-17)26-22(31)15-34-24-27-25-16-29(24)3/h5-12,16,19H,4,13-15H2,1-3H3,(H,26,31)/t19-/m1/s1. The van der Waals surface area contributed by atoms with E-state index < -0.39 is 0 Å². The van der Waals surface area contributed by atoms with Crippen molar-refractivity contribution < 1.29 is 14.3 Å². The minimum absolute atomic E-state index is 0.0961. The number of anilines is 2. The molecule has 0 bridgehead atoms. The molecule has 1 aliphatic heterocycles. The summed E-state index contributed by atoms with van der Waals surface area (Å²) in [5.41, 5.74) is 2.27. The summed E-state index contributed by atoms with van der Waals surface area (Å²) < 4.78 is 7.90. The molecule has 10 heteroatoms. The molecule has 2 aromatic carbocycles. The fraction of sp³-hybridized carbons (Fsp3) is 0.333. The van der Waals surface area contributed by atoms with Crippen molar-refractivity contribution in [2.24, 2.45) is 7.05 Å². The van der Waals surface area contributed by atoms with Gasteiger partial charge in [0.05, 0.1) is 24.5 Å². The van der Waals surface area contributed by atoms with Gasteiger partial charge in [0.15, 0.2) is 5.16 Å². The Morgan fingerprint density at radius 2 is 1.97 bits per heavy atom. The molecule has 178 valence electrons. The van der Waals surface area contributed by atoms with Crippen LogP contribution in [0.15, 0.2) is 60.0 Å². The number of para-hydroxylation sites is 2. The summed E-state index contributed by atoms with van der Waals surface area (Å²) in [5.74, 6) is 0.814. The van der Waals surface area contributed by atoms with Crippen LogP contribution in [0.4, 0.5) is 11.4 Å². The van der Waals surface area contributed by atoms with Gasteiger partial charge in [-0.1, -0.05) is 23.9 Å². The molecule has 0 spiro atoms. The summed E-state index contributed by atoms with van der Waals surface area (Å²) >= 11 is 1.31. The molecule has 0 unspecified atom stereocenters. The predicted octanol–water partition coefficient (Wildman–Crippen LogP) is 2.91. The summed E-state index contributed by atoms with van der Waals surface area (Å²) in [4.78, 5) is 29.1. The van der Waals surface area contributed by atoms with E-state index >= 15 is 0 Å². The highest BCUT2D eigenvalue weighted by atomic mass is 32.2. The van der Waals surface area contributed by atoms with Crippen LogP contribution in [0, 0.1) is 0 Å². The fourth-order valence-corrected chi connectivity index (χ4v) is 4.50. The molecule has 1 N–H and O–H groups in total. The molecule has 4 rings (SSSR count). The lowest BCUT2D eigenvalue weighted by Gasteiger charge is -2.37. The summed E-state index contributed by atoms with van der Waals surface area (Å²) in [6, 6.07) is 14.9. The molecule has 1 aliphatic rings. The van der Waals surface area contributed by atoms with E-state index in [9.17, 15) is 9.59 Å². The minimum Gasteiger partial charge on any atom is -0.485 e. The van der Waals surface area contributed by atoms with Crippen molar-refractivity contribution >= 4 is 35.0 Å². The number of aryl methyl sites for hydroxylation is 1. The lowest BCUT2D eigenvalue weighted by molar-refractivity contribution is -0.113. The first-order valence-corrected chi connectivity index (χ1v) is 12.1. The quantitative estimate of drug-likeness (QED) is 0.496. The van der Waals surface area contributed by atoms with E-state index in [0.717, 1.165) is 24.5 Å². The van der Waals surface area contributed by atoms with Gasteiger partial charge in [0.1, 0.15) is 18.2 Å². The van der Waals surface area contributed by atoms with Gasteiger partial charge in [-0.3, -0.25) is 9.59 Å². The summed E-state index contributed by atoms with van der Waals surface area (Å²) in [5, 5.41) is 11.3. The number of thioether (sulfide) groups is 1. The number of hydrogen-bond acceptors (Lipinski definition) is 7. The molecular weight excluding hydrogens is 452 g/mol. The number of rotatable bonds is 8. The second-order valence-corrected chi connectivity index (χ2v) is 9.01. The van der Waals surface area contributed by atoms with E-state index in [4.69, 9.17) is 4.74 Å². The van der Waals surface area contributed by atoms with E-state index in [0.29, 0.717) is 23.0 Å². The Kier molecular flexibility index (Phi) is 7.36. The maximum atomic E-state index is 13.0. The maximum absolute atomic E-state index is 13.0. The Morgan fingerprint density at radius 3 is 2.68 bits per heavy atom. The van der Waals surface area contributed by atoms with Gasteiger partial charge >= 0.3 is 0 Å². The normalized spacial score (nSPS) is 14.8. The first-order valence-electron chi connectivity index (χ1n) is 11.1. The molecule has 2 amide bonds. The Bertz CT molecular complexity index is 1150. The highest BCUT2D eigenvalue weighted by Crippen LogP contribution is 2.33. The zero-order valence-corrected chi connectivity index (χ0v) is 20.3. The van der Waals surface area contributed by atoms with Crippen molar-refractivity contribution in [2.75, 3.05) is 42.7 Å². The SMILES string of the molecule is CCN1C[C@@H](CN(C)C(=O)c2ccc(NC(=O)CSc3nncn3C)cc2)Oc2ccccc21. The molecule has 1 atom stereocenters. The van der Waals surface area contributed by atoms with Gasteiger partial charge in [-0.25, -0.2) is 0 Å². The van der Waals surface area contributed by atoms with Crippen molar-refractivity contribution in [3.05, 3.63) is 60.4 Å². The van der Waals surface area contributed by atoms with Crippen molar-refractivity contribution in [1.29, 1.82) is 0 Å². The number of ether oxygens (including phenoxy) is 1. The third-order valence-electron chi connectivity index (χ3n) is 5.55. The number of carbonyl (C=O) groups excluding carboxylic acids is 2. The number of nitrogens with one attached hydrogen (secondary N) is 1. The lowest BCUT2D eigenvalue weighted by Crippen LogP contribution is -2.46. The van der Waals surface area contributed by atoms with Gasteiger partial charge < -0.3 is 24.4 Å². The van der Waals surface area contributed by atoms with Gasteiger partial charge in [-0.15, -0.1) is 10.2 Å². The first kappa shape index (κ1) is 23.6. The van der Waals surface area contributed by atoms with Gasteiger partial charge in [0, 0.05) is 31.9 Å². The third-order valence-corrected chi connectivity index (χ3v) is 6.58. The number of likely N-dealkylation sites (N-methyl/N-ethyl adjacent to an activating group) is 2. The van der Waals surface area contributed by atoms with Crippen LogP contribution >= 0.6 is 11.8 Å². The lowest BCUT2D eigenvalue weighted by atomic mass is 10.1. The number of benzene rings is 2. The largest absolute Gasteiger partial charge is 0.485 e. The van der Waals surface area contributed by atoms with E-state index in [1.54, 1.807) is 47.1 Å². The van der Waals surface area contributed by atoms with Crippen LogP contribution in [-0.4, -0.2) is 70.0 Å². The first-order chi connectivity index (χ1) is 16.4. The number of hydrogen-bond donors (Lipinski definition) is 1. The van der Waals surface area contributed by atoms with Crippen molar-refractivity contribution in [2.45, 2.75) is 18.2 Å². The number of fused-ring (bicyclic) bond motifs is 1. The summed E-state index contributed by atoms with van der Waals surface area (Å²) in [6.07, 6.45) is 1.47. The molecule has 34 heavy (non-hydrogen) atoms. The van der Waals surface area contributed by atoms with Gasteiger partial charge in [-0.05, 0) is 43.3 Å². The van der Waals surface area contributed by atoms with Gasteiger partial charge in [-0.2, -0.15) is 0 Å². The minimum atomic E-state index is -0.153. The molecule has 0 aliphatic carbocycles. The van der Waals surface area contributed by atoms with Crippen LogP contribution in [0.2, 0.25) is 0 Å². The molecule has 0 fully saturated rings. The zero-order valence-electron chi connectivity index (χ0n) is 19.5. The Labute approximate surface area is 203 Å². The monoisotopic (exact) mass is 480 g/mol. The van der Waals surface area contributed by atoms with E-state index in [2.05, 4.69) is 33.4 Å². The maximum Gasteiger partial charge on any atom is 0.253 e. The average Bonchev–Trinajstić information content (AvgIpc) is 3.26. The topological polar surface area (TPSA) is 92.6 Å². The van der Waals surface area contributed by atoms with Crippen molar-refractivity contribution in [1.82, 2.24) is 19.7 Å². The van der Waals surface area contributed by atoms with Gasteiger partial charge in [0.2, 0.25) is 5.91 Å². The summed E-state index contributed by atoms with van der Waals surface area (Å²) in [7, 11) is 3.61. The molecule has 3 aromatic rings. The number of amides is 2. The molecule has 2 heterocycles. The number of aromatic nitrogens is 3. The Hall–Kier alpha value is -3.53. The van der Waals surface area contributed by atoms with Gasteiger partial charge in [0.25, 0.3) is 5.91 Å². The van der Waals surface area contributed by atoms with Crippen LogP contribution in [-0.2, 0) is 11.8 Å². The van der Waals surface area contributed by atoms with E-state index in [-0.39, 0.29) is 23.7 Å². The van der Waals surface area contributed by atoms with E-state index in [1.807, 2.05) is 25.2 Å². The molecule has 0 radical (unpaired) electrons. The molecule has 1 aromatic heterocycles. The second kappa shape index (κ2) is 10.6. The number of nitrogens with zero attached hydrogens (tertiary/aromatic N) is 5. The van der Waals surface area contributed by atoms with Crippen molar-refractivity contribution in [3.8, 4) is 5.75 Å². The Balaban J connectivity index is 1.30. The van der Waals surface area contributed by atoms with Crippen LogP contribution in [0.5, 0.6) is 5.75 Å². The van der Waals surface area contributed by atoms with Crippen LogP contribution in [0.1, 0.15) is 17.3 Å². The smallest absolute Gasteiger partial charge is 0.253 e. The molecule has 0 saturated heterocycles. The molecular formula is C24H28N6O3S. The van der Waals surface area contributed by atoms with E-state index in [1.165, 1.54) is 11.8 Å². The average molecular weight is 481 g/mol. The zero-order chi connectivity index (χ0) is 24.1. The van der Waals surface area contributed by atoms with Crippen LogP contribution < -0.4 is 15.0 Å². The molecule has 0 saturated carbocycles. The van der Waals surface area contributed by atoms with Crippen molar-refractivity contribution in [3.63, 3.8) is 0 Å². The predicted molar refractivity (Wildman–Crippen MR) is 133 cm³/mol. The third kappa shape index (κ3) is 5.51. The highest BCUT2D eigenvalue weighted by molar-refractivity contribution is 7.99. The highest BCUT2D eigenvalue weighted by Gasteiger charge is 2.27. The second-order valence-electron chi connectivity index (χ2n) is 8.07. The Morgan fingerprint density at radius 1 is 1.21 bits per heavy atom. The fourth-order valence-electron chi connectivity index (χ4n) is 3.81. The van der Waals surface area contributed by atoms with Crippen LogP contribution in [0.25, 0.3) is 0 Å².